The molecule has 4 N–H and O–H groups in total. The SMILES string of the molecule is O=C(C[C@@H]1CCc2cc(C(O)(C(F)(F)F)C(F)(F)F)ccc2N1S(=O)(=O)c1ccc(F)cc1)N[C@@H]1CNC[C@H]1CO. The van der Waals surface area contributed by atoms with Crippen molar-refractivity contribution in [1.82, 2.24) is 10.6 Å². The van der Waals surface area contributed by atoms with Crippen molar-refractivity contribution in [3.63, 3.8) is 0 Å². The minimum absolute atomic E-state index is 0.174. The van der Waals surface area contributed by atoms with Crippen LogP contribution in [0.1, 0.15) is 24.0 Å². The van der Waals surface area contributed by atoms with Crippen LogP contribution in [0.15, 0.2) is 47.4 Å². The molecule has 0 unspecified atom stereocenters. The molecule has 0 spiro atoms. The van der Waals surface area contributed by atoms with E-state index in [0.29, 0.717) is 25.2 Å². The van der Waals surface area contributed by atoms with E-state index in [9.17, 15) is 54.2 Å². The number of alkyl halides is 6. The van der Waals surface area contributed by atoms with E-state index in [1.807, 2.05) is 0 Å². The molecule has 1 fully saturated rings. The number of nitrogens with one attached hydrogen (secondary N) is 2. The number of fused-ring (bicyclic) bond motifs is 1. The second kappa shape index (κ2) is 11.0. The Labute approximate surface area is 230 Å². The van der Waals surface area contributed by atoms with Gasteiger partial charge < -0.3 is 20.8 Å². The molecule has 0 saturated carbocycles. The first-order valence-electron chi connectivity index (χ1n) is 12.4. The topological polar surface area (TPSA) is 119 Å². The minimum Gasteiger partial charge on any atom is -0.396 e. The zero-order valence-electron chi connectivity index (χ0n) is 21.1. The second-order valence-corrected chi connectivity index (χ2v) is 11.8. The van der Waals surface area contributed by atoms with E-state index in [0.717, 1.165) is 34.6 Å². The lowest BCUT2D eigenvalue weighted by Gasteiger charge is -2.39. The lowest BCUT2D eigenvalue weighted by atomic mass is 9.87. The maximum absolute atomic E-state index is 13.7. The van der Waals surface area contributed by atoms with Crippen molar-refractivity contribution >= 4 is 21.6 Å². The fraction of sp³-hybridized carbons (Fsp3) is 0.480. The maximum atomic E-state index is 13.7. The van der Waals surface area contributed by atoms with Gasteiger partial charge in [-0.15, -0.1) is 0 Å². The first-order chi connectivity index (χ1) is 19.0. The fourth-order valence-electron chi connectivity index (χ4n) is 5.15. The van der Waals surface area contributed by atoms with Gasteiger partial charge in [-0.05, 0) is 48.7 Å². The molecular weight excluding hydrogens is 587 g/mol. The number of benzene rings is 2. The summed E-state index contributed by atoms with van der Waals surface area (Å²) in [5.41, 5.74) is -7.29. The molecule has 0 bridgehead atoms. The molecule has 16 heteroatoms. The quantitative estimate of drug-likeness (QED) is 0.357. The minimum atomic E-state index is -6.14. The van der Waals surface area contributed by atoms with E-state index in [1.54, 1.807) is 0 Å². The largest absolute Gasteiger partial charge is 0.430 e. The van der Waals surface area contributed by atoms with Crippen molar-refractivity contribution in [2.45, 2.75) is 54.2 Å². The van der Waals surface area contributed by atoms with Crippen LogP contribution in [0.4, 0.5) is 36.4 Å². The summed E-state index contributed by atoms with van der Waals surface area (Å²) >= 11 is 0. The van der Waals surface area contributed by atoms with Gasteiger partial charge in [-0.2, -0.15) is 26.3 Å². The van der Waals surface area contributed by atoms with Crippen molar-refractivity contribution in [2.75, 3.05) is 24.0 Å². The van der Waals surface area contributed by atoms with Gasteiger partial charge in [0.25, 0.3) is 15.6 Å². The molecule has 2 aromatic rings. The first kappa shape index (κ1) is 31.0. The third kappa shape index (κ3) is 5.74. The number of aliphatic hydroxyl groups is 2. The van der Waals surface area contributed by atoms with Gasteiger partial charge in [-0.1, -0.05) is 12.1 Å². The number of halogens is 7. The average molecular weight is 614 g/mol. The molecule has 0 aliphatic carbocycles. The molecule has 1 saturated heterocycles. The molecule has 3 atom stereocenters. The van der Waals surface area contributed by atoms with E-state index < -0.39 is 68.7 Å². The molecule has 0 aromatic heterocycles. The number of nitrogens with zero attached hydrogens (tertiary/aromatic N) is 1. The summed E-state index contributed by atoms with van der Waals surface area (Å²) in [5, 5.41) is 25.1. The number of hydrogen-bond acceptors (Lipinski definition) is 6. The van der Waals surface area contributed by atoms with Crippen molar-refractivity contribution in [1.29, 1.82) is 0 Å². The number of carbonyl (C=O) groups excluding carboxylic acids is 1. The van der Waals surface area contributed by atoms with Crippen LogP contribution in [0.5, 0.6) is 0 Å². The number of anilines is 1. The Bertz CT molecular complexity index is 1370. The molecule has 4 rings (SSSR count). The van der Waals surface area contributed by atoms with Crippen LogP contribution < -0.4 is 14.9 Å². The fourth-order valence-corrected chi connectivity index (χ4v) is 6.87. The molecule has 8 nitrogen and oxygen atoms in total. The highest BCUT2D eigenvalue weighted by atomic mass is 32.2. The van der Waals surface area contributed by atoms with Crippen molar-refractivity contribution in [2.24, 2.45) is 5.92 Å². The maximum Gasteiger partial charge on any atom is 0.430 e. The smallest absolute Gasteiger partial charge is 0.396 e. The van der Waals surface area contributed by atoms with Crippen molar-refractivity contribution in [3.05, 3.63) is 59.4 Å². The normalized spacial score (nSPS) is 22.0. The van der Waals surface area contributed by atoms with E-state index in [1.165, 1.54) is 0 Å². The van der Waals surface area contributed by atoms with Crippen LogP contribution in [-0.2, 0) is 26.8 Å². The van der Waals surface area contributed by atoms with E-state index in [-0.39, 0.29) is 36.6 Å². The number of rotatable bonds is 7. The van der Waals surface area contributed by atoms with Gasteiger partial charge in [-0.3, -0.25) is 9.10 Å². The molecule has 2 aliphatic rings. The zero-order chi connectivity index (χ0) is 30.4. The van der Waals surface area contributed by atoms with Gasteiger partial charge in [0.1, 0.15) is 5.82 Å². The standard InChI is InChI=1S/C25H26F7N3O5S/c26-17-3-6-19(7-4-17)41(39,40)35-18(10-22(37)34-20-12-33-11-15(20)13-36)5-1-14-9-16(2-8-21(14)35)23(38,24(27,28)29)25(30,31)32/h2-4,6-9,15,18,20,33,36,38H,1,5,10-13H2,(H,34,37)/t15-,18-,20+/m0/s1. The summed E-state index contributed by atoms with van der Waals surface area (Å²) in [6, 6.07) is 3.54. The lowest BCUT2D eigenvalue weighted by Crippen LogP contribution is -2.54. The number of amides is 1. The van der Waals surface area contributed by atoms with E-state index in [4.69, 9.17) is 0 Å². The lowest BCUT2D eigenvalue weighted by molar-refractivity contribution is -0.376. The van der Waals surface area contributed by atoms with Gasteiger partial charge >= 0.3 is 12.4 Å². The third-order valence-electron chi connectivity index (χ3n) is 7.35. The summed E-state index contributed by atoms with van der Waals surface area (Å²) in [6.45, 7) is 0.574. The molecular formula is C25H26F7N3O5S. The summed E-state index contributed by atoms with van der Waals surface area (Å²) in [6.07, 6.45) is -13.1. The Balaban J connectivity index is 1.76. The van der Waals surface area contributed by atoms with Crippen LogP contribution in [0, 0.1) is 11.7 Å². The molecule has 0 radical (unpaired) electrons. The Morgan fingerprint density at radius 1 is 1.02 bits per heavy atom. The second-order valence-electron chi connectivity index (χ2n) is 9.98. The Kier molecular flexibility index (Phi) is 8.34. The Hall–Kier alpha value is -2.95. The van der Waals surface area contributed by atoms with Crippen LogP contribution in [0.25, 0.3) is 0 Å². The highest BCUT2D eigenvalue weighted by molar-refractivity contribution is 7.92. The Morgan fingerprint density at radius 2 is 1.66 bits per heavy atom. The van der Waals surface area contributed by atoms with Gasteiger partial charge in [0.2, 0.25) is 5.91 Å². The molecule has 41 heavy (non-hydrogen) atoms. The monoisotopic (exact) mass is 613 g/mol. The molecule has 226 valence electrons. The number of aliphatic hydroxyl groups excluding tert-OH is 1. The van der Waals surface area contributed by atoms with Crippen molar-refractivity contribution < 1.29 is 54.2 Å². The molecule has 1 amide bonds. The summed E-state index contributed by atoms with van der Waals surface area (Å²) < 4.78 is 123. The van der Waals surface area contributed by atoms with E-state index in [2.05, 4.69) is 10.6 Å². The first-order valence-corrected chi connectivity index (χ1v) is 13.8. The Morgan fingerprint density at radius 3 is 2.24 bits per heavy atom. The highest BCUT2D eigenvalue weighted by Gasteiger charge is 2.71. The summed E-state index contributed by atoms with van der Waals surface area (Å²) in [5.74, 6) is -1.64. The molecule has 2 aliphatic heterocycles. The summed E-state index contributed by atoms with van der Waals surface area (Å²) in [4.78, 5) is 12.5. The van der Waals surface area contributed by atoms with Crippen LogP contribution in [-0.4, -0.2) is 68.7 Å². The van der Waals surface area contributed by atoms with Crippen LogP contribution >= 0.6 is 0 Å². The van der Waals surface area contributed by atoms with Gasteiger partial charge in [0.15, 0.2) is 0 Å². The number of hydrogen-bond donors (Lipinski definition) is 4. The van der Waals surface area contributed by atoms with Gasteiger partial charge in [0.05, 0.1) is 16.6 Å². The predicted octanol–water partition coefficient (Wildman–Crippen LogP) is 2.73. The third-order valence-corrected chi connectivity index (χ3v) is 9.23. The molecule has 2 heterocycles. The molecule has 2 aromatic carbocycles. The van der Waals surface area contributed by atoms with Gasteiger partial charge in [0, 0.05) is 43.6 Å². The summed E-state index contributed by atoms with van der Waals surface area (Å²) in [7, 11) is -4.61. The average Bonchev–Trinajstić information content (AvgIpc) is 3.33. The van der Waals surface area contributed by atoms with Crippen LogP contribution in [0.3, 0.4) is 0 Å². The zero-order valence-corrected chi connectivity index (χ0v) is 22.0. The predicted molar refractivity (Wildman–Crippen MR) is 131 cm³/mol. The van der Waals surface area contributed by atoms with Crippen molar-refractivity contribution in [3.8, 4) is 0 Å². The number of aryl methyl sites for hydroxylation is 1. The van der Waals surface area contributed by atoms with E-state index >= 15 is 0 Å². The number of sulfonamides is 1. The highest BCUT2D eigenvalue weighted by Crippen LogP contribution is 2.51. The van der Waals surface area contributed by atoms with Gasteiger partial charge in [-0.25, -0.2) is 12.8 Å². The number of carbonyl (C=O) groups is 1. The van der Waals surface area contributed by atoms with Crippen LogP contribution in [0.2, 0.25) is 0 Å².